The lowest BCUT2D eigenvalue weighted by molar-refractivity contribution is -0.125. The molecule has 5 nitrogen and oxygen atoms in total. The van der Waals surface area contributed by atoms with E-state index in [4.69, 9.17) is 5.26 Å². The van der Waals surface area contributed by atoms with Gasteiger partial charge in [-0.2, -0.15) is 5.26 Å². The lowest BCUT2D eigenvalue weighted by Gasteiger charge is -2.05. The van der Waals surface area contributed by atoms with Crippen molar-refractivity contribution in [1.82, 2.24) is 10.6 Å². The van der Waals surface area contributed by atoms with Crippen LogP contribution in [0.4, 0.5) is 0 Å². The highest BCUT2D eigenvalue weighted by Gasteiger charge is 2.05. The van der Waals surface area contributed by atoms with Gasteiger partial charge in [-0.1, -0.05) is 12.1 Å². The maximum atomic E-state index is 11.5. The third kappa shape index (κ3) is 4.66. The number of nitrogens with one attached hydrogen (secondary N) is 2. The van der Waals surface area contributed by atoms with Crippen LogP contribution in [0.3, 0.4) is 0 Å². The molecule has 0 unspecified atom stereocenters. The van der Waals surface area contributed by atoms with Gasteiger partial charge in [-0.3, -0.25) is 9.59 Å². The van der Waals surface area contributed by atoms with Crippen LogP contribution in [0.25, 0.3) is 0 Å². The summed E-state index contributed by atoms with van der Waals surface area (Å²) in [5, 5.41) is 13.8. The molecule has 0 saturated carbocycles. The van der Waals surface area contributed by atoms with E-state index < -0.39 is 0 Å². The predicted octanol–water partition coefficient (Wildman–Crippen LogP) is 0.353. The average molecular weight is 245 g/mol. The van der Waals surface area contributed by atoms with E-state index in [0.717, 1.165) is 5.56 Å². The number of rotatable bonds is 5. The van der Waals surface area contributed by atoms with E-state index >= 15 is 0 Å². The molecule has 0 heterocycles. The lowest BCUT2D eigenvalue weighted by atomic mass is 10.1. The first-order valence-electron chi connectivity index (χ1n) is 5.68. The van der Waals surface area contributed by atoms with Crippen molar-refractivity contribution in [3.63, 3.8) is 0 Å². The number of hydrogen-bond donors (Lipinski definition) is 2. The van der Waals surface area contributed by atoms with E-state index in [1.54, 1.807) is 24.3 Å². The number of carbonyl (C=O) groups excluding carboxylic acids is 2. The molecule has 0 spiro atoms. The summed E-state index contributed by atoms with van der Waals surface area (Å²) in [5.74, 6) is -0.420. The molecule has 1 aromatic rings. The molecule has 0 fully saturated rings. The Hall–Kier alpha value is -2.35. The molecule has 2 amide bonds. The van der Waals surface area contributed by atoms with E-state index in [1.165, 1.54) is 0 Å². The van der Waals surface area contributed by atoms with Crippen molar-refractivity contribution >= 4 is 11.8 Å². The molecule has 0 bridgehead atoms. The minimum atomic E-state index is -0.217. The lowest BCUT2D eigenvalue weighted by Crippen LogP contribution is -2.37. The molecule has 18 heavy (non-hydrogen) atoms. The maximum Gasteiger partial charge on any atom is 0.239 e. The first-order chi connectivity index (χ1) is 8.65. The van der Waals surface area contributed by atoms with Crippen LogP contribution in [0, 0.1) is 11.3 Å². The highest BCUT2D eigenvalue weighted by atomic mass is 16.2. The molecule has 0 aromatic heterocycles. The third-order valence-electron chi connectivity index (χ3n) is 2.27. The molecule has 0 aliphatic carbocycles. The Morgan fingerprint density at radius 3 is 2.39 bits per heavy atom. The molecular weight excluding hydrogens is 230 g/mol. The summed E-state index contributed by atoms with van der Waals surface area (Å²) in [6.07, 6.45) is 0.200. The summed E-state index contributed by atoms with van der Waals surface area (Å²) in [6.45, 7) is 2.35. The van der Waals surface area contributed by atoms with Gasteiger partial charge < -0.3 is 10.6 Å². The first kappa shape index (κ1) is 13.7. The van der Waals surface area contributed by atoms with E-state index in [-0.39, 0.29) is 24.8 Å². The normalized spacial score (nSPS) is 9.33. The Morgan fingerprint density at radius 2 is 1.83 bits per heavy atom. The molecule has 5 heteroatoms. The molecule has 0 aliphatic heterocycles. The molecule has 2 N–H and O–H groups in total. The van der Waals surface area contributed by atoms with Crippen LogP contribution in [0.1, 0.15) is 18.1 Å². The number of hydrogen-bond acceptors (Lipinski definition) is 3. The van der Waals surface area contributed by atoms with Gasteiger partial charge in [0.1, 0.15) is 0 Å². The van der Waals surface area contributed by atoms with Crippen molar-refractivity contribution in [1.29, 1.82) is 5.26 Å². The van der Waals surface area contributed by atoms with Crippen molar-refractivity contribution in [2.24, 2.45) is 0 Å². The Balaban J connectivity index is 2.40. The van der Waals surface area contributed by atoms with E-state index in [1.807, 2.05) is 13.0 Å². The quantitative estimate of drug-likeness (QED) is 0.785. The zero-order valence-electron chi connectivity index (χ0n) is 10.2. The van der Waals surface area contributed by atoms with E-state index in [0.29, 0.717) is 12.1 Å². The van der Waals surface area contributed by atoms with Crippen LogP contribution in [-0.4, -0.2) is 24.9 Å². The number of amides is 2. The van der Waals surface area contributed by atoms with Crippen LogP contribution in [-0.2, 0) is 16.0 Å². The Labute approximate surface area is 106 Å². The average Bonchev–Trinajstić information content (AvgIpc) is 2.38. The van der Waals surface area contributed by atoms with Crippen LogP contribution >= 0.6 is 0 Å². The largest absolute Gasteiger partial charge is 0.355 e. The van der Waals surface area contributed by atoms with Crippen molar-refractivity contribution in [2.45, 2.75) is 13.3 Å². The zero-order valence-corrected chi connectivity index (χ0v) is 10.2. The van der Waals surface area contributed by atoms with Gasteiger partial charge in [0.15, 0.2) is 0 Å². The van der Waals surface area contributed by atoms with Crippen molar-refractivity contribution in [3.8, 4) is 6.07 Å². The van der Waals surface area contributed by atoms with Gasteiger partial charge >= 0.3 is 0 Å². The zero-order chi connectivity index (χ0) is 13.4. The van der Waals surface area contributed by atoms with Crippen LogP contribution in [0.2, 0.25) is 0 Å². The van der Waals surface area contributed by atoms with Crippen LogP contribution in [0.15, 0.2) is 24.3 Å². The number of nitriles is 1. The van der Waals surface area contributed by atoms with Crippen molar-refractivity contribution in [2.75, 3.05) is 13.1 Å². The van der Waals surface area contributed by atoms with Crippen LogP contribution in [0.5, 0.6) is 0 Å². The Bertz CT molecular complexity index is 460. The monoisotopic (exact) mass is 245 g/mol. The minimum absolute atomic E-state index is 0.0110. The number of benzene rings is 1. The van der Waals surface area contributed by atoms with Gasteiger partial charge in [-0.15, -0.1) is 0 Å². The summed E-state index contributed by atoms with van der Waals surface area (Å²) in [6, 6.07) is 8.78. The fourth-order valence-electron chi connectivity index (χ4n) is 1.38. The van der Waals surface area contributed by atoms with E-state index in [9.17, 15) is 9.59 Å². The second-order valence-corrected chi connectivity index (χ2v) is 3.72. The van der Waals surface area contributed by atoms with Crippen molar-refractivity contribution < 1.29 is 9.59 Å². The summed E-state index contributed by atoms with van der Waals surface area (Å²) < 4.78 is 0. The molecule has 0 radical (unpaired) electrons. The van der Waals surface area contributed by atoms with Gasteiger partial charge in [-0.25, -0.2) is 0 Å². The summed E-state index contributed by atoms with van der Waals surface area (Å²) in [7, 11) is 0. The van der Waals surface area contributed by atoms with Crippen molar-refractivity contribution in [3.05, 3.63) is 35.4 Å². The standard InChI is InChI=1S/C13H15N3O2/c1-2-15-13(18)9-16-12(17)7-10-3-5-11(8-14)6-4-10/h3-6H,2,7,9H2,1H3,(H,15,18)(H,16,17). The van der Waals surface area contributed by atoms with Gasteiger partial charge in [0.05, 0.1) is 24.6 Å². The second kappa shape index (κ2) is 7.07. The topological polar surface area (TPSA) is 82.0 Å². The van der Waals surface area contributed by atoms with Gasteiger partial charge in [0, 0.05) is 6.54 Å². The predicted molar refractivity (Wildman–Crippen MR) is 66.6 cm³/mol. The van der Waals surface area contributed by atoms with Gasteiger partial charge in [0.2, 0.25) is 11.8 Å². The smallest absolute Gasteiger partial charge is 0.239 e. The molecule has 1 rings (SSSR count). The van der Waals surface area contributed by atoms with Gasteiger partial charge in [-0.05, 0) is 24.6 Å². The molecular formula is C13H15N3O2. The second-order valence-electron chi connectivity index (χ2n) is 3.72. The first-order valence-corrected chi connectivity index (χ1v) is 5.68. The number of carbonyl (C=O) groups is 2. The van der Waals surface area contributed by atoms with Gasteiger partial charge in [0.25, 0.3) is 0 Å². The summed E-state index contributed by atoms with van der Waals surface area (Å²) >= 11 is 0. The molecule has 0 atom stereocenters. The fraction of sp³-hybridized carbons (Fsp3) is 0.308. The number of likely N-dealkylation sites (N-methyl/N-ethyl adjacent to an activating group) is 1. The summed E-state index contributed by atoms with van der Waals surface area (Å²) in [5.41, 5.74) is 1.36. The molecule has 1 aromatic carbocycles. The van der Waals surface area contributed by atoms with E-state index in [2.05, 4.69) is 10.6 Å². The molecule has 0 saturated heterocycles. The fourth-order valence-corrected chi connectivity index (χ4v) is 1.38. The Kier molecular flexibility index (Phi) is 5.39. The highest BCUT2D eigenvalue weighted by molar-refractivity contribution is 5.85. The minimum Gasteiger partial charge on any atom is -0.355 e. The maximum absolute atomic E-state index is 11.5. The SMILES string of the molecule is CCNC(=O)CNC(=O)Cc1ccc(C#N)cc1. The molecule has 94 valence electrons. The highest BCUT2D eigenvalue weighted by Crippen LogP contribution is 2.03. The number of nitrogens with zero attached hydrogens (tertiary/aromatic N) is 1. The summed E-state index contributed by atoms with van der Waals surface area (Å²) in [4.78, 5) is 22.6. The van der Waals surface area contributed by atoms with Crippen LogP contribution < -0.4 is 10.6 Å². The molecule has 0 aliphatic rings. The third-order valence-corrected chi connectivity index (χ3v) is 2.27. The Morgan fingerprint density at radius 1 is 1.17 bits per heavy atom.